The van der Waals surface area contributed by atoms with Crippen molar-refractivity contribution >= 4 is 22.9 Å². The number of allylic oxidation sites excluding steroid dienone is 4. The fourth-order valence-corrected chi connectivity index (χ4v) is 3.14. The highest BCUT2D eigenvalue weighted by atomic mass is 16.5. The molecule has 1 aliphatic heterocycles. The third-order valence-corrected chi connectivity index (χ3v) is 4.71. The van der Waals surface area contributed by atoms with Crippen molar-refractivity contribution in [1.82, 2.24) is 20.7 Å². The Bertz CT molecular complexity index is 900. The van der Waals surface area contributed by atoms with Crippen molar-refractivity contribution < 1.29 is 14.3 Å². The van der Waals surface area contributed by atoms with E-state index in [0.29, 0.717) is 17.9 Å². The molecule has 4 rings (SSSR count). The van der Waals surface area contributed by atoms with E-state index in [-0.39, 0.29) is 35.3 Å². The van der Waals surface area contributed by atoms with Crippen LogP contribution in [0, 0.1) is 11.3 Å². The van der Waals surface area contributed by atoms with E-state index < -0.39 is 0 Å². The summed E-state index contributed by atoms with van der Waals surface area (Å²) in [6.45, 7) is 0. The summed E-state index contributed by atoms with van der Waals surface area (Å²) in [5.41, 5.74) is 5.50. The van der Waals surface area contributed by atoms with Crippen molar-refractivity contribution in [1.29, 1.82) is 5.41 Å². The first-order valence-corrected chi connectivity index (χ1v) is 8.71. The molecular formula is C18H20N6O3. The summed E-state index contributed by atoms with van der Waals surface area (Å²) in [6.07, 6.45) is 8.08. The standard InChI is InChI=1S/C18H20N6O3/c1-26-17-12(8-20-18(22-17)27-2)10-4-3-5-11-13(19)15(24-23-14(10)11)16(25)21-9-6-7-9/h3-4,8-9,11,19,23H,5-7H2,1-2H3,(H,21,25). The molecule has 0 spiro atoms. The van der Waals surface area contributed by atoms with Gasteiger partial charge in [0.25, 0.3) is 5.91 Å². The molecule has 27 heavy (non-hydrogen) atoms. The highest BCUT2D eigenvalue weighted by molar-refractivity contribution is 6.67. The van der Waals surface area contributed by atoms with Gasteiger partial charge < -0.3 is 20.2 Å². The summed E-state index contributed by atoms with van der Waals surface area (Å²) in [5.74, 6) is -0.214. The largest absolute Gasteiger partial charge is 0.480 e. The van der Waals surface area contributed by atoms with Gasteiger partial charge in [-0.2, -0.15) is 10.1 Å². The molecule has 9 heteroatoms. The monoisotopic (exact) mass is 368 g/mol. The second kappa shape index (κ2) is 6.82. The molecule has 3 N–H and O–H groups in total. The maximum atomic E-state index is 12.3. The number of hydrogen-bond acceptors (Lipinski definition) is 8. The summed E-state index contributed by atoms with van der Waals surface area (Å²) >= 11 is 0. The number of aromatic nitrogens is 2. The van der Waals surface area contributed by atoms with Crippen LogP contribution in [0.4, 0.5) is 0 Å². The van der Waals surface area contributed by atoms with Gasteiger partial charge in [0.05, 0.1) is 31.2 Å². The Balaban J connectivity index is 1.70. The lowest BCUT2D eigenvalue weighted by Gasteiger charge is -2.29. The van der Waals surface area contributed by atoms with Crippen LogP contribution in [0.2, 0.25) is 0 Å². The number of carbonyl (C=O) groups is 1. The minimum Gasteiger partial charge on any atom is -0.480 e. The molecule has 1 aromatic heterocycles. The van der Waals surface area contributed by atoms with E-state index in [1.165, 1.54) is 14.2 Å². The van der Waals surface area contributed by atoms with Gasteiger partial charge in [0, 0.05) is 23.7 Å². The number of ether oxygens (including phenoxy) is 2. The van der Waals surface area contributed by atoms with Crippen molar-refractivity contribution in [2.45, 2.75) is 25.3 Å². The molecule has 2 aliphatic carbocycles. The minimum absolute atomic E-state index is 0.142. The molecule has 1 amide bonds. The molecule has 0 radical (unpaired) electrons. The second-order valence-corrected chi connectivity index (χ2v) is 6.53. The van der Waals surface area contributed by atoms with Gasteiger partial charge in [-0.3, -0.25) is 10.2 Å². The summed E-state index contributed by atoms with van der Waals surface area (Å²) in [7, 11) is 3.01. The number of fused-ring (bicyclic) bond motifs is 1. The van der Waals surface area contributed by atoms with Crippen molar-refractivity contribution in [3.05, 3.63) is 29.6 Å². The smallest absolute Gasteiger partial charge is 0.319 e. The van der Waals surface area contributed by atoms with E-state index in [9.17, 15) is 4.79 Å². The number of carbonyl (C=O) groups excluding carboxylic acids is 1. The number of amides is 1. The normalized spacial score (nSPS) is 21.2. The van der Waals surface area contributed by atoms with Gasteiger partial charge in [-0.1, -0.05) is 12.2 Å². The quantitative estimate of drug-likeness (QED) is 0.714. The van der Waals surface area contributed by atoms with Gasteiger partial charge in [-0.25, -0.2) is 4.98 Å². The first-order valence-electron chi connectivity index (χ1n) is 8.71. The van der Waals surface area contributed by atoms with E-state index in [4.69, 9.17) is 14.9 Å². The Morgan fingerprint density at radius 2 is 2.15 bits per heavy atom. The fourth-order valence-electron chi connectivity index (χ4n) is 3.14. The van der Waals surface area contributed by atoms with E-state index in [0.717, 1.165) is 24.1 Å². The van der Waals surface area contributed by atoms with Crippen LogP contribution < -0.4 is 20.2 Å². The van der Waals surface area contributed by atoms with E-state index in [1.807, 2.05) is 12.2 Å². The van der Waals surface area contributed by atoms with Crippen LogP contribution >= 0.6 is 0 Å². The third kappa shape index (κ3) is 3.16. The van der Waals surface area contributed by atoms with Crippen LogP contribution in [0.3, 0.4) is 0 Å². The summed E-state index contributed by atoms with van der Waals surface area (Å²) in [5, 5.41) is 15.6. The van der Waals surface area contributed by atoms with Gasteiger partial charge in [0.15, 0.2) is 5.71 Å². The van der Waals surface area contributed by atoms with Gasteiger partial charge >= 0.3 is 6.01 Å². The number of hydrazone groups is 1. The SMILES string of the molecule is COc1ncc(C2=C3NN=C(C(=O)NC4CC4)C(=N)C3CC=C2)c(OC)n1. The number of methoxy groups -OCH3 is 2. The molecule has 0 bridgehead atoms. The molecular weight excluding hydrogens is 348 g/mol. The van der Waals surface area contributed by atoms with Crippen LogP contribution in [-0.2, 0) is 4.79 Å². The zero-order chi connectivity index (χ0) is 19.0. The highest BCUT2D eigenvalue weighted by Crippen LogP contribution is 2.36. The molecule has 1 fully saturated rings. The molecule has 140 valence electrons. The van der Waals surface area contributed by atoms with E-state index in [2.05, 4.69) is 25.8 Å². The van der Waals surface area contributed by atoms with E-state index >= 15 is 0 Å². The maximum absolute atomic E-state index is 12.3. The average molecular weight is 368 g/mol. The number of nitrogens with zero attached hydrogens (tertiary/aromatic N) is 3. The number of hydrogen-bond donors (Lipinski definition) is 3. The lowest BCUT2D eigenvalue weighted by Crippen LogP contribution is -2.45. The lowest BCUT2D eigenvalue weighted by molar-refractivity contribution is -0.114. The Morgan fingerprint density at radius 1 is 1.33 bits per heavy atom. The molecule has 3 aliphatic rings. The first-order chi connectivity index (χ1) is 13.1. The molecule has 2 heterocycles. The predicted molar refractivity (Wildman–Crippen MR) is 98.8 cm³/mol. The Hall–Kier alpha value is -3.23. The lowest BCUT2D eigenvalue weighted by atomic mass is 9.83. The Morgan fingerprint density at radius 3 is 2.85 bits per heavy atom. The summed E-state index contributed by atoms with van der Waals surface area (Å²) in [4.78, 5) is 20.7. The van der Waals surface area contributed by atoms with Crippen LogP contribution in [0.25, 0.3) is 5.57 Å². The second-order valence-electron chi connectivity index (χ2n) is 6.53. The fraction of sp³-hybridized carbons (Fsp3) is 0.389. The molecule has 0 aromatic carbocycles. The topological polar surface area (TPSA) is 122 Å². The molecule has 9 nitrogen and oxygen atoms in total. The predicted octanol–water partition coefficient (Wildman–Crippen LogP) is 1.04. The molecule has 1 atom stereocenters. The minimum atomic E-state index is -0.296. The molecule has 1 saturated carbocycles. The average Bonchev–Trinajstić information content (AvgIpc) is 3.51. The van der Waals surface area contributed by atoms with Crippen molar-refractivity contribution in [3.8, 4) is 11.9 Å². The Labute approximate surface area is 156 Å². The molecule has 1 unspecified atom stereocenters. The van der Waals surface area contributed by atoms with Crippen LogP contribution in [0.1, 0.15) is 24.8 Å². The number of rotatable bonds is 5. The zero-order valence-electron chi connectivity index (χ0n) is 15.1. The van der Waals surface area contributed by atoms with E-state index in [1.54, 1.807) is 6.20 Å². The van der Waals surface area contributed by atoms with Gasteiger partial charge in [-0.15, -0.1) is 0 Å². The van der Waals surface area contributed by atoms with Gasteiger partial charge in [0.1, 0.15) is 0 Å². The van der Waals surface area contributed by atoms with Crippen molar-refractivity contribution in [3.63, 3.8) is 0 Å². The first kappa shape index (κ1) is 17.2. The van der Waals surface area contributed by atoms with Gasteiger partial charge in [0.2, 0.25) is 5.88 Å². The number of nitrogens with one attached hydrogen (secondary N) is 3. The van der Waals surface area contributed by atoms with Crippen LogP contribution in [0.5, 0.6) is 11.9 Å². The zero-order valence-corrected chi connectivity index (χ0v) is 15.1. The summed E-state index contributed by atoms with van der Waals surface area (Å²) in [6, 6.07) is 0.423. The molecule has 0 saturated heterocycles. The Kier molecular flexibility index (Phi) is 4.35. The van der Waals surface area contributed by atoms with Crippen LogP contribution in [-0.4, -0.2) is 47.6 Å². The van der Waals surface area contributed by atoms with Crippen molar-refractivity contribution in [2.75, 3.05) is 14.2 Å². The summed E-state index contributed by atoms with van der Waals surface area (Å²) < 4.78 is 10.4. The third-order valence-electron chi connectivity index (χ3n) is 4.71. The van der Waals surface area contributed by atoms with Crippen molar-refractivity contribution in [2.24, 2.45) is 11.0 Å². The highest BCUT2D eigenvalue weighted by Gasteiger charge is 2.36. The van der Waals surface area contributed by atoms with Crippen LogP contribution in [0.15, 0.2) is 29.1 Å². The van der Waals surface area contributed by atoms with Gasteiger partial charge in [-0.05, 0) is 19.3 Å². The maximum Gasteiger partial charge on any atom is 0.319 e. The molecule has 1 aromatic rings.